The lowest BCUT2D eigenvalue weighted by Crippen LogP contribution is -2.51. The van der Waals surface area contributed by atoms with Crippen LogP contribution in [0.1, 0.15) is 38.2 Å². The number of pyridine rings is 1. The Hall–Kier alpha value is -3.13. The second-order valence-corrected chi connectivity index (χ2v) is 8.64. The predicted molar refractivity (Wildman–Crippen MR) is 133 cm³/mol. The largest absolute Gasteiger partial charge is 0.368 e. The minimum absolute atomic E-state index is 0.00869. The number of aromatic amines is 1. The van der Waals surface area contributed by atoms with Crippen molar-refractivity contribution in [3.63, 3.8) is 0 Å². The molecule has 0 bridgehead atoms. The van der Waals surface area contributed by atoms with Gasteiger partial charge in [0.15, 0.2) is 5.82 Å². The van der Waals surface area contributed by atoms with Crippen molar-refractivity contribution in [2.24, 2.45) is 0 Å². The first kappa shape index (κ1) is 23.0. The Morgan fingerprint density at radius 2 is 2.24 bits per heavy atom. The van der Waals surface area contributed by atoms with Crippen molar-refractivity contribution in [3.05, 3.63) is 47.9 Å². The molecule has 0 saturated carbocycles. The molecule has 2 amide bonds. The normalized spacial score (nSPS) is 16.1. The number of piperidine rings is 1. The summed E-state index contributed by atoms with van der Waals surface area (Å²) in [7, 11) is 0. The van der Waals surface area contributed by atoms with Gasteiger partial charge in [0.1, 0.15) is 11.5 Å². The molecule has 3 aromatic rings. The van der Waals surface area contributed by atoms with E-state index in [1.165, 1.54) is 0 Å². The van der Waals surface area contributed by atoms with Gasteiger partial charge < -0.3 is 20.5 Å². The molecule has 0 unspecified atom stereocenters. The third-order valence-electron chi connectivity index (χ3n) is 6.00. The first-order chi connectivity index (χ1) is 16.1. The van der Waals surface area contributed by atoms with Crippen molar-refractivity contribution < 1.29 is 4.79 Å². The van der Waals surface area contributed by atoms with E-state index in [4.69, 9.17) is 16.6 Å². The molecule has 0 spiro atoms. The Balaban J connectivity index is 1.52. The summed E-state index contributed by atoms with van der Waals surface area (Å²) >= 11 is 6.16. The van der Waals surface area contributed by atoms with Crippen LogP contribution in [0.2, 0.25) is 5.02 Å². The Morgan fingerprint density at radius 3 is 3.06 bits per heavy atom. The highest BCUT2D eigenvalue weighted by Crippen LogP contribution is 2.28. The van der Waals surface area contributed by atoms with Crippen molar-refractivity contribution >= 4 is 34.5 Å². The summed E-state index contributed by atoms with van der Waals surface area (Å²) < 4.78 is 0. The quantitative estimate of drug-likeness (QED) is 0.327. The number of urea groups is 1. The molecular weight excluding hydrogens is 438 g/mol. The highest BCUT2D eigenvalue weighted by molar-refractivity contribution is 6.31. The number of aryl methyl sites for hydroxylation is 1. The van der Waals surface area contributed by atoms with Crippen molar-refractivity contribution in [2.75, 3.05) is 25.0 Å². The summed E-state index contributed by atoms with van der Waals surface area (Å²) in [6.07, 6.45) is 11.8. The SMILES string of the molecule is C=CCCNC(=O)N1CCCC[C@@H]1CNc1nc(-c2c[nH]c3ncc(Cl)cc23)ncc1CC. The number of nitrogens with zero attached hydrogens (tertiary/aromatic N) is 4. The molecule has 3 aromatic heterocycles. The molecule has 1 saturated heterocycles. The number of amides is 2. The topological polar surface area (TPSA) is 98.8 Å². The Morgan fingerprint density at radius 1 is 1.36 bits per heavy atom. The second kappa shape index (κ2) is 10.7. The van der Waals surface area contributed by atoms with Crippen LogP contribution in [0.4, 0.5) is 10.6 Å². The van der Waals surface area contributed by atoms with Crippen molar-refractivity contribution in [1.29, 1.82) is 0 Å². The lowest BCUT2D eigenvalue weighted by Gasteiger charge is -2.36. The third-order valence-corrected chi connectivity index (χ3v) is 6.21. The van der Waals surface area contributed by atoms with Crippen molar-refractivity contribution in [1.82, 2.24) is 30.2 Å². The van der Waals surface area contributed by atoms with Gasteiger partial charge in [-0.2, -0.15) is 0 Å². The van der Waals surface area contributed by atoms with Gasteiger partial charge in [-0.25, -0.2) is 19.7 Å². The van der Waals surface area contributed by atoms with Gasteiger partial charge in [-0.3, -0.25) is 0 Å². The Kier molecular flexibility index (Phi) is 7.44. The van der Waals surface area contributed by atoms with Gasteiger partial charge in [0.05, 0.1) is 11.1 Å². The van der Waals surface area contributed by atoms with E-state index in [-0.39, 0.29) is 12.1 Å². The van der Waals surface area contributed by atoms with Crippen LogP contribution in [-0.4, -0.2) is 56.5 Å². The zero-order valence-electron chi connectivity index (χ0n) is 18.9. The van der Waals surface area contributed by atoms with E-state index in [1.807, 2.05) is 29.4 Å². The maximum Gasteiger partial charge on any atom is 0.317 e. The summed E-state index contributed by atoms with van der Waals surface area (Å²) in [6.45, 7) is 7.81. The number of likely N-dealkylation sites (tertiary alicyclic amines) is 1. The van der Waals surface area contributed by atoms with E-state index < -0.39 is 0 Å². The zero-order valence-corrected chi connectivity index (χ0v) is 19.7. The zero-order chi connectivity index (χ0) is 23.2. The van der Waals surface area contributed by atoms with Crippen LogP contribution in [0.25, 0.3) is 22.4 Å². The van der Waals surface area contributed by atoms with Crippen LogP contribution < -0.4 is 10.6 Å². The number of hydrogen-bond acceptors (Lipinski definition) is 5. The number of carbonyl (C=O) groups excluding carboxylic acids is 1. The standard InChI is InChI=1S/C24H30ClN7O/c1-3-5-9-26-24(33)32-10-7-6-8-18(32)14-29-21-16(4-2)12-27-23(31-21)20-15-30-22-19(20)11-17(25)13-28-22/h3,11-13,15,18H,1,4-10,14H2,2H3,(H,26,33)(H,28,30)(H,27,29,31)/t18-/m1/s1. The van der Waals surface area contributed by atoms with Crippen LogP contribution in [-0.2, 0) is 6.42 Å². The van der Waals surface area contributed by atoms with Crippen LogP contribution in [0.5, 0.6) is 0 Å². The maximum absolute atomic E-state index is 12.7. The van der Waals surface area contributed by atoms with E-state index in [0.29, 0.717) is 23.9 Å². The summed E-state index contributed by atoms with van der Waals surface area (Å²) in [4.78, 5) is 31.5. The van der Waals surface area contributed by atoms with Gasteiger partial charge in [-0.1, -0.05) is 24.6 Å². The van der Waals surface area contributed by atoms with E-state index in [9.17, 15) is 4.79 Å². The molecule has 1 fully saturated rings. The van der Waals surface area contributed by atoms with Crippen molar-refractivity contribution in [3.8, 4) is 11.4 Å². The first-order valence-electron chi connectivity index (χ1n) is 11.5. The number of aromatic nitrogens is 4. The second-order valence-electron chi connectivity index (χ2n) is 8.21. The lowest BCUT2D eigenvalue weighted by molar-refractivity contribution is 0.156. The number of nitrogens with one attached hydrogen (secondary N) is 3. The number of carbonyl (C=O) groups is 1. The van der Waals surface area contributed by atoms with Crippen LogP contribution in [0, 0.1) is 0 Å². The Bertz CT molecular complexity index is 1130. The number of fused-ring (bicyclic) bond motifs is 1. The first-order valence-corrected chi connectivity index (χ1v) is 11.9. The molecule has 0 radical (unpaired) electrons. The Labute approximate surface area is 198 Å². The molecule has 0 aliphatic carbocycles. The lowest BCUT2D eigenvalue weighted by atomic mass is 10.0. The predicted octanol–water partition coefficient (Wildman–Crippen LogP) is 4.79. The van der Waals surface area contributed by atoms with Gasteiger partial charge in [0, 0.05) is 54.7 Å². The summed E-state index contributed by atoms with van der Waals surface area (Å²) in [6, 6.07) is 1.97. The molecule has 1 atom stereocenters. The van der Waals surface area contributed by atoms with Crippen LogP contribution in [0.3, 0.4) is 0 Å². The summed E-state index contributed by atoms with van der Waals surface area (Å²) in [5.74, 6) is 1.40. The highest BCUT2D eigenvalue weighted by atomic mass is 35.5. The fourth-order valence-electron chi connectivity index (χ4n) is 4.19. The van der Waals surface area contributed by atoms with Crippen LogP contribution in [0.15, 0.2) is 37.3 Å². The third kappa shape index (κ3) is 5.27. The van der Waals surface area contributed by atoms with Gasteiger partial charge >= 0.3 is 6.03 Å². The fourth-order valence-corrected chi connectivity index (χ4v) is 4.35. The fraction of sp³-hybridized carbons (Fsp3) is 0.417. The van der Waals surface area contributed by atoms with Gasteiger partial charge in [0.2, 0.25) is 0 Å². The molecule has 1 aliphatic heterocycles. The van der Waals surface area contributed by atoms with Gasteiger partial charge in [-0.15, -0.1) is 6.58 Å². The van der Waals surface area contributed by atoms with E-state index in [2.05, 4.69) is 39.1 Å². The van der Waals surface area contributed by atoms with Crippen LogP contribution >= 0.6 is 11.6 Å². The molecular formula is C24H30ClN7O. The molecule has 1 aliphatic rings. The van der Waals surface area contributed by atoms with Crippen molar-refractivity contribution in [2.45, 2.75) is 45.1 Å². The molecule has 4 rings (SSSR count). The molecule has 9 heteroatoms. The van der Waals surface area contributed by atoms with E-state index in [0.717, 1.165) is 66.6 Å². The molecule has 33 heavy (non-hydrogen) atoms. The maximum atomic E-state index is 12.7. The number of anilines is 1. The molecule has 8 nitrogen and oxygen atoms in total. The summed E-state index contributed by atoms with van der Waals surface area (Å²) in [5, 5.41) is 7.95. The van der Waals surface area contributed by atoms with E-state index >= 15 is 0 Å². The minimum atomic E-state index is -0.00869. The number of hydrogen-bond donors (Lipinski definition) is 3. The average Bonchev–Trinajstić information content (AvgIpc) is 3.26. The van der Waals surface area contributed by atoms with Gasteiger partial charge in [-0.05, 0) is 38.2 Å². The molecule has 174 valence electrons. The average molecular weight is 468 g/mol. The monoisotopic (exact) mass is 467 g/mol. The molecule has 4 heterocycles. The smallest absolute Gasteiger partial charge is 0.317 e. The minimum Gasteiger partial charge on any atom is -0.368 e. The summed E-state index contributed by atoms with van der Waals surface area (Å²) in [5.41, 5.74) is 2.63. The van der Waals surface area contributed by atoms with E-state index in [1.54, 1.807) is 6.20 Å². The molecule has 3 N–H and O–H groups in total. The van der Waals surface area contributed by atoms with Gasteiger partial charge in [0.25, 0.3) is 0 Å². The number of halogens is 1. The highest BCUT2D eigenvalue weighted by Gasteiger charge is 2.26. The number of rotatable bonds is 8. The number of H-pyrrole nitrogens is 1. The molecule has 0 aromatic carbocycles.